The van der Waals surface area contributed by atoms with Crippen LogP contribution in [-0.2, 0) is 26.3 Å². The zero-order valence-electron chi connectivity index (χ0n) is 16.5. The summed E-state index contributed by atoms with van der Waals surface area (Å²) in [6.07, 6.45) is 15.3. The summed E-state index contributed by atoms with van der Waals surface area (Å²) in [4.78, 5) is 30.0. The van der Waals surface area contributed by atoms with Crippen LogP contribution in [0.3, 0.4) is 0 Å². The maximum atomic E-state index is 9.19. The van der Waals surface area contributed by atoms with Gasteiger partial charge in [-0.15, -0.1) is 0 Å². The van der Waals surface area contributed by atoms with Gasteiger partial charge in [0.25, 0.3) is 0 Å². The van der Waals surface area contributed by atoms with Crippen molar-refractivity contribution in [3.8, 4) is 0 Å². The molecule has 0 fully saturated rings. The minimum absolute atomic E-state index is 0.434. The molecule has 0 radical (unpaired) electrons. The second kappa shape index (κ2) is 20.4. The molecule has 0 saturated carbocycles. The number of hydrogen-bond acceptors (Lipinski definition) is 2. The Morgan fingerprint density at radius 1 is 0.852 bits per heavy atom. The van der Waals surface area contributed by atoms with Gasteiger partial charge in [-0.3, -0.25) is 0 Å². The number of thiol groups is 2. The molecule has 4 N–H and O–H groups in total. The van der Waals surface area contributed by atoms with Crippen LogP contribution in [0.1, 0.15) is 65.2 Å². The third kappa shape index (κ3) is 46.8. The van der Waals surface area contributed by atoms with Crippen LogP contribution in [0.5, 0.6) is 0 Å². The maximum absolute atomic E-state index is 9.19. The van der Waals surface area contributed by atoms with E-state index >= 15 is 0 Å². The summed E-state index contributed by atoms with van der Waals surface area (Å²) in [5.41, 5.74) is 0. The Kier molecular flexibility index (Phi) is 24.7. The van der Waals surface area contributed by atoms with Crippen molar-refractivity contribution in [1.29, 1.82) is 0 Å². The van der Waals surface area contributed by atoms with E-state index in [0.29, 0.717) is 0 Å². The normalized spacial score (nSPS) is 13.0. The van der Waals surface area contributed by atoms with E-state index in [2.05, 4.69) is 63.7 Å². The molecule has 0 bridgehead atoms. The van der Waals surface area contributed by atoms with Gasteiger partial charge in [0, 0.05) is 0 Å². The number of hydrogen-bond donors (Lipinski definition) is 6. The zero-order valence-corrected chi connectivity index (χ0v) is 23.0. The molecule has 2 atom stereocenters. The molecule has 160 valence electrons. The topological polar surface area (TPSA) is 115 Å². The fraction of sp³-hybridized carbons (Fsp3) is 0.750. The molecular weight excluding hydrogens is 480 g/mol. The van der Waals surface area contributed by atoms with Gasteiger partial charge in [0.2, 0.25) is 0 Å². The van der Waals surface area contributed by atoms with Crippen molar-refractivity contribution in [2.24, 2.45) is 0 Å². The van der Waals surface area contributed by atoms with Crippen molar-refractivity contribution in [1.82, 2.24) is 0 Å². The zero-order chi connectivity index (χ0) is 21.9. The van der Waals surface area contributed by atoms with Crippen molar-refractivity contribution < 1.29 is 45.8 Å². The van der Waals surface area contributed by atoms with Gasteiger partial charge >= 0.3 is 130 Å². The first-order valence-corrected chi connectivity index (χ1v) is 18.0. The largest absolute Gasteiger partial charge is 0.380 e. The average molecular weight is 516 g/mol. The smallest absolute Gasteiger partial charge is 0.317 e. The molecule has 0 aromatic heterocycles. The van der Waals surface area contributed by atoms with Gasteiger partial charge in [-0.2, -0.15) is 0 Å². The van der Waals surface area contributed by atoms with E-state index in [1.54, 1.807) is 0 Å². The minimum atomic E-state index is -3.94. The van der Waals surface area contributed by atoms with Crippen LogP contribution in [0.25, 0.3) is 0 Å². The molecule has 0 spiro atoms. The molecule has 6 nitrogen and oxygen atoms in total. The first-order chi connectivity index (χ1) is 12.3. The van der Waals surface area contributed by atoms with E-state index in [4.69, 9.17) is 19.6 Å². The molecule has 0 aromatic carbocycles. The molecule has 0 saturated heterocycles. The third-order valence-corrected chi connectivity index (χ3v) is 9.51. The van der Waals surface area contributed by atoms with E-state index in [1.807, 2.05) is 0 Å². The molecule has 0 amide bonds. The molecule has 0 aromatic rings. The molecule has 2 unspecified atom stereocenters. The summed E-state index contributed by atoms with van der Waals surface area (Å²) in [7, 11) is 0. The summed E-state index contributed by atoms with van der Waals surface area (Å²) < 4.78 is 20.5. The predicted octanol–water partition coefficient (Wildman–Crippen LogP) is 6.20. The Morgan fingerprint density at radius 3 is 1.30 bits per heavy atom. The van der Waals surface area contributed by atoms with E-state index < -0.39 is 30.7 Å². The van der Waals surface area contributed by atoms with E-state index in [1.165, 1.54) is 51.4 Å². The molecule has 0 rings (SSSR count). The molecule has 0 aliphatic rings. The van der Waals surface area contributed by atoms with Crippen molar-refractivity contribution in [2.75, 3.05) is 0 Å². The summed E-state index contributed by atoms with van der Waals surface area (Å²) in [5.74, 6) is 0. The van der Waals surface area contributed by atoms with E-state index in [-0.39, 0.29) is 0 Å². The van der Waals surface area contributed by atoms with Crippen LogP contribution in [-0.4, -0.2) is 19.6 Å². The average Bonchev–Trinajstić information content (AvgIpc) is 2.47. The summed E-state index contributed by atoms with van der Waals surface area (Å²) in [6, 6.07) is 0. The van der Waals surface area contributed by atoms with Crippen molar-refractivity contribution in [2.45, 2.75) is 74.2 Å². The predicted molar refractivity (Wildman–Crippen MR) is 118 cm³/mol. The van der Waals surface area contributed by atoms with Crippen LogP contribution in [0.15, 0.2) is 25.3 Å². The van der Waals surface area contributed by atoms with Crippen molar-refractivity contribution in [3.05, 3.63) is 25.3 Å². The Morgan fingerprint density at radius 2 is 1.11 bits per heavy atom. The van der Waals surface area contributed by atoms with Gasteiger partial charge in [0.05, 0.1) is 0 Å². The molecule has 0 aliphatic heterocycles. The van der Waals surface area contributed by atoms with Crippen LogP contribution in [0.2, 0.25) is 9.02 Å². The molecular formula is C16H36O6P2S2Zn. The van der Waals surface area contributed by atoms with Gasteiger partial charge in [0.15, 0.2) is 0 Å². The fourth-order valence-electron chi connectivity index (χ4n) is 2.59. The summed E-state index contributed by atoms with van der Waals surface area (Å²) in [5, 5.41) is 0. The van der Waals surface area contributed by atoms with Crippen LogP contribution in [0.4, 0.5) is 0 Å². The summed E-state index contributed by atoms with van der Waals surface area (Å²) >= 11 is 5.14. The number of unbranched alkanes of at least 4 members (excludes halogenated alkanes) is 2. The van der Waals surface area contributed by atoms with Gasteiger partial charge < -0.3 is 19.6 Å². The quantitative estimate of drug-likeness (QED) is 0.0798. The monoisotopic (exact) mass is 514 g/mol. The fourth-order valence-corrected chi connectivity index (χ4v) is 8.57. The Hall–Kier alpha value is 1.10. The van der Waals surface area contributed by atoms with Crippen LogP contribution < -0.4 is 0 Å². The Labute approximate surface area is 182 Å². The first kappa shape index (κ1) is 32.8. The van der Waals surface area contributed by atoms with Crippen molar-refractivity contribution in [3.63, 3.8) is 0 Å². The number of rotatable bonds is 12. The van der Waals surface area contributed by atoms with Gasteiger partial charge in [-0.05, 0) is 0 Å². The standard InChI is InChI=1S/2C8H15.2H3O3PS.Zn/c2*1-3-5-7-8-6-4-2;2*1-4(2,3)5;/h2*3,7H,1,4-6,8H2,2H3;2*(H3,1,2,3,5);. The van der Waals surface area contributed by atoms with Gasteiger partial charge in [0.1, 0.15) is 0 Å². The van der Waals surface area contributed by atoms with Gasteiger partial charge in [-0.25, -0.2) is 9.13 Å². The molecule has 11 heteroatoms. The van der Waals surface area contributed by atoms with Gasteiger partial charge in [-0.1, -0.05) is 24.5 Å². The van der Waals surface area contributed by atoms with Crippen molar-refractivity contribution >= 4 is 38.1 Å². The maximum Gasteiger partial charge on any atom is 0.380 e. The third-order valence-electron chi connectivity index (χ3n) is 3.60. The van der Waals surface area contributed by atoms with E-state index in [0.717, 1.165) is 9.02 Å². The van der Waals surface area contributed by atoms with E-state index in [9.17, 15) is 9.13 Å². The molecule has 0 aliphatic carbocycles. The number of allylic oxidation sites excluding steroid dienone is 2. The molecule has 27 heavy (non-hydrogen) atoms. The van der Waals surface area contributed by atoms with Crippen LogP contribution in [0, 0.1) is 0 Å². The molecule has 0 heterocycles. The Balaban J connectivity index is -0.000000471. The minimum Gasteiger partial charge on any atom is -0.317 e. The Bertz CT molecular complexity index is 400. The van der Waals surface area contributed by atoms with Crippen LogP contribution >= 0.6 is 38.1 Å². The second-order valence-electron chi connectivity index (χ2n) is 6.33. The first-order valence-electron chi connectivity index (χ1n) is 9.06. The SMILES string of the molecule is C=CC[CH](CCCC)[Zn][CH](CC=C)CCCC.O=P(O)(O)S.O=P(O)(O)S. The second-order valence-corrected chi connectivity index (χ2v) is 17.3. The summed E-state index contributed by atoms with van der Waals surface area (Å²) in [6.45, 7) is 4.58.